The second-order valence-corrected chi connectivity index (χ2v) is 5.01. The highest BCUT2D eigenvalue weighted by Crippen LogP contribution is 2.22. The van der Waals surface area contributed by atoms with Crippen molar-refractivity contribution < 1.29 is 4.42 Å². The normalized spacial score (nSPS) is 10.7. The molecule has 2 aromatic rings. The minimum absolute atomic E-state index is 0.221. The highest BCUT2D eigenvalue weighted by atomic mass is 35.5. The molecule has 7 heteroatoms. The quantitative estimate of drug-likeness (QED) is 0.763. The first-order chi connectivity index (χ1) is 9.22. The zero-order valence-corrected chi connectivity index (χ0v) is 12.4. The minimum Gasteiger partial charge on any atom is -0.468 e. The van der Waals surface area contributed by atoms with Crippen molar-refractivity contribution >= 4 is 29.3 Å². The second kappa shape index (κ2) is 6.77. The van der Waals surface area contributed by atoms with Crippen molar-refractivity contribution in [1.82, 2.24) is 15.0 Å². The van der Waals surface area contributed by atoms with Crippen LogP contribution < -0.4 is 4.90 Å². The van der Waals surface area contributed by atoms with Crippen molar-refractivity contribution in [1.29, 1.82) is 0 Å². The Morgan fingerprint density at radius 1 is 1.26 bits per heavy atom. The Morgan fingerprint density at radius 2 is 2.05 bits per heavy atom. The smallest absolute Gasteiger partial charge is 0.230 e. The fourth-order valence-corrected chi connectivity index (χ4v) is 2.50. The van der Waals surface area contributed by atoms with Gasteiger partial charge in [0.25, 0.3) is 0 Å². The molecular formula is C12H15ClN4OS. The van der Waals surface area contributed by atoms with Crippen LogP contribution in [-0.2, 0) is 5.75 Å². The summed E-state index contributed by atoms with van der Waals surface area (Å²) in [5, 5.41) is 0.831. The van der Waals surface area contributed by atoms with Crippen molar-refractivity contribution in [2.75, 3.05) is 18.0 Å². The van der Waals surface area contributed by atoms with Crippen molar-refractivity contribution in [3.63, 3.8) is 0 Å². The van der Waals surface area contributed by atoms with E-state index in [4.69, 9.17) is 16.0 Å². The van der Waals surface area contributed by atoms with Crippen LogP contribution in [0.25, 0.3) is 0 Å². The molecule has 2 rings (SSSR count). The molecule has 0 aliphatic heterocycles. The first-order valence-electron chi connectivity index (χ1n) is 6.04. The van der Waals surface area contributed by atoms with Crippen molar-refractivity contribution in [2.45, 2.75) is 24.8 Å². The van der Waals surface area contributed by atoms with E-state index in [1.165, 1.54) is 11.8 Å². The molecule has 0 saturated carbocycles. The van der Waals surface area contributed by atoms with Crippen molar-refractivity contribution in [2.24, 2.45) is 0 Å². The van der Waals surface area contributed by atoms with Gasteiger partial charge in [-0.25, -0.2) is 0 Å². The molecule has 0 amide bonds. The van der Waals surface area contributed by atoms with E-state index in [0.717, 1.165) is 18.8 Å². The first-order valence-corrected chi connectivity index (χ1v) is 7.41. The van der Waals surface area contributed by atoms with E-state index in [1.807, 2.05) is 17.0 Å². The molecule has 0 radical (unpaired) electrons. The number of nitrogens with zero attached hydrogens (tertiary/aromatic N) is 4. The van der Waals surface area contributed by atoms with E-state index in [0.29, 0.717) is 16.9 Å². The summed E-state index contributed by atoms with van der Waals surface area (Å²) in [5.41, 5.74) is 0. The summed E-state index contributed by atoms with van der Waals surface area (Å²) < 4.78 is 5.27. The molecule has 0 saturated heterocycles. The fourth-order valence-electron chi connectivity index (χ4n) is 1.56. The molecule has 0 fully saturated rings. The third kappa shape index (κ3) is 3.84. The van der Waals surface area contributed by atoms with Crippen LogP contribution in [0.5, 0.6) is 0 Å². The predicted octanol–water partition coefficient (Wildman–Crippen LogP) is 3.26. The maximum atomic E-state index is 5.94. The molecule has 2 heterocycles. The lowest BCUT2D eigenvalue weighted by atomic mass is 10.5. The third-order valence-corrected chi connectivity index (χ3v) is 3.58. The summed E-state index contributed by atoms with van der Waals surface area (Å²) >= 11 is 7.42. The number of anilines is 1. The number of thioether (sulfide) groups is 1. The molecule has 0 aliphatic carbocycles. The van der Waals surface area contributed by atoms with E-state index >= 15 is 0 Å². The van der Waals surface area contributed by atoms with Crippen molar-refractivity contribution in [3.8, 4) is 0 Å². The maximum Gasteiger partial charge on any atom is 0.230 e. The largest absolute Gasteiger partial charge is 0.468 e. The molecule has 0 atom stereocenters. The van der Waals surface area contributed by atoms with Crippen LogP contribution >= 0.6 is 23.4 Å². The minimum atomic E-state index is 0.221. The summed E-state index contributed by atoms with van der Waals surface area (Å²) in [7, 11) is 0. The third-order valence-electron chi connectivity index (χ3n) is 2.55. The van der Waals surface area contributed by atoms with E-state index in [-0.39, 0.29) is 5.28 Å². The van der Waals surface area contributed by atoms with E-state index in [9.17, 15) is 0 Å². The molecule has 102 valence electrons. The lowest BCUT2D eigenvalue weighted by Gasteiger charge is -2.18. The molecule has 0 aromatic carbocycles. The number of aromatic nitrogens is 3. The average Bonchev–Trinajstić information content (AvgIpc) is 2.90. The summed E-state index contributed by atoms with van der Waals surface area (Å²) in [5.74, 6) is 2.17. The standard InChI is InChI=1S/C12H15ClN4OS/c1-3-17(4-2)11-14-10(13)15-12(16-11)19-8-9-6-5-7-18-9/h5-7H,3-4,8H2,1-2H3. The molecule has 2 aromatic heterocycles. The number of furan rings is 1. The molecule has 0 aliphatic rings. The van der Waals surface area contributed by atoms with Crippen LogP contribution in [0.2, 0.25) is 5.28 Å². The van der Waals surface area contributed by atoms with Crippen LogP contribution in [0.1, 0.15) is 19.6 Å². The Balaban J connectivity index is 2.12. The highest BCUT2D eigenvalue weighted by Gasteiger charge is 2.11. The van der Waals surface area contributed by atoms with Gasteiger partial charge >= 0.3 is 0 Å². The number of hydrogen-bond acceptors (Lipinski definition) is 6. The molecule has 19 heavy (non-hydrogen) atoms. The van der Waals surface area contributed by atoms with Gasteiger partial charge in [0, 0.05) is 13.1 Å². The monoisotopic (exact) mass is 298 g/mol. The average molecular weight is 299 g/mol. The highest BCUT2D eigenvalue weighted by molar-refractivity contribution is 7.98. The van der Waals surface area contributed by atoms with Crippen LogP contribution in [0.4, 0.5) is 5.95 Å². The van der Waals surface area contributed by atoms with Gasteiger partial charge in [0.2, 0.25) is 11.2 Å². The summed E-state index contributed by atoms with van der Waals surface area (Å²) in [6, 6.07) is 3.78. The summed E-state index contributed by atoms with van der Waals surface area (Å²) in [6.45, 7) is 5.77. The number of halogens is 1. The van der Waals surface area contributed by atoms with Gasteiger partial charge in [0.15, 0.2) is 5.16 Å². The number of rotatable bonds is 6. The lowest BCUT2D eigenvalue weighted by molar-refractivity contribution is 0.530. The fraction of sp³-hybridized carbons (Fsp3) is 0.417. The Kier molecular flexibility index (Phi) is 5.04. The topological polar surface area (TPSA) is 55.1 Å². The van der Waals surface area contributed by atoms with Gasteiger partial charge in [0.05, 0.1) is 12.0 Å². The zero-order chi connectivity index (χ0) is 13.7. The summed E-state index contributed by atoms with van der Waals surface area (Å²) in [4.78, 5) is 14.7. The Morgan fingerprint density at radius 3 is 2.68 bits per heavy atom. The Hall–Kier alpha value is -1.27. The zero-order valence-electron chi connectivity index (χ0n) is 10.8. The van der Waals surface area contributed by atoms with Gasteiger partial charge in [-0.05, 0) is 37.6 Å². The lowest BCUT2D eigenvalue weighted by Crippen LogP contribution is -2.24. The molecular weight excluding hydrogens is 284 g/mol. The first kappa shape index (κ1) is 14.1. The SMILES string of the molecule is CCN(CC)c1nc(Cl)nc(SCc2ccco2)n1. The summed E-state index contributed by atoms with van der Waals surface area (Å²) in [6.07, 6.45) is 1.65. The second-order valence-electron chi connectivity index (χ2n) is 3.73. The maximum absolute atomic E-state index is 5.94. The van der Waals surface area contributed by atoms with Crippen LogP contribution in [-0.4, -0.2) is 28.0 Å². The molecule has 0 spiro atoms. The van der Waals surface area contributed by atoms with Gasteiger partial charge in [-0.1, -0.05) is 11.8 Å². The Bertz CT molecular complexity index is 516. The predicted molar refractivity (Wildman–Crippen MR) is 76.7 cm³/mol. The number of hydrogen-bond donors (Lipinski definition) is 0. The van der Waals surface area contributed by atoms with Gasteiger partial charge < -0.3 is 9.32 Å². The van der Waals surface area contributed by atoms with Gasteiger partial charge in [-0.3, -0.25) is 0 Å². The van der Waals surface area contributed by atoms with Gasteiger partial charge in [0.1, 0.15) is 5.76 Å². The van der Waals surface area contributed by atoms with Crippen LogP contribution in [0.15, 0.2) is 28.0 Å². The van der Waals surface area contributed by atoms with Gasteiger partial charge in [-0.2, -0.15) is 15.0 Å². The Labute approximate surface area is 121 Å². The molecule has 0 bridgehead atoms. The van der Waals surface area contributed by atoms with E-state index in [1.54, 1.807) is 6.26 Å². The molecule has 0 N–H and O–H groups in total. The van der Waals surface area contributed by atoms with Gasteiger partial charge in [-0.15, -0.1) is 0 Å². The molecule has 0 unspecified atom stereocenters. The van der Waals surface area contributed by atoms with Crippen LogP contribution in [0.3, 0.4) is 0 Å². The van der Waals surface area contributed by atoms with Crippen LogP contribution in [0, 0.1) is 0 Å². The van der Waals surface area contributed by atoms with Crippen molar-refractivity contribution in [3.05, 3.63) is 29.4 Å². The molecule has 5 nitrogen and oxygen atoms in total. The van der Waals surface area contributed by atoms with E-state index in [2.05, 4.69) is 28.8 Å². The van der Waals surface area contributed by atoms with E-state index < -0.39 is 0 Å².